The van der Waals surface area contributed by atoms with Crippen LogP contribution in [0, 0.1) is 13.8 Å². The van der Waals surface area contributed by atoms with Crippen LogP contribution in [-0.4, -0.2) is 0 Å². The fraction of sp³-hybridized carbons (Fsp3) is 0.176. The molecule has 0 unspecified atom stereocenters. The van der Waals surface area contributed by atoms with Crippen LogP contribution in [0.5, 0.6) is 0 Å². The zero-order valence-electron chi connectivity index (χ0n) is 20.7. The Morgan fingerprint density at radius 3 is 1.42 bits per heavy atom. The number of rotatable bonds is 6. The van der Waals surface area contributed by atoms with Gasteiger partial charge < -0.3 is 0 Å². The lowest BCUT2D eigenvalue weighted by Gasteiger charge is -2.25. The first-order valence-corrected chi connectivity index (χ1v) is 14.5. The summed E-state index contributed by atoms with van der Waals surface area (Å²) in [5.41, 5.74) is 11.4. The van der Waals surface area contributed by atoms with Gasteiger partial charge in [-0.15, -0.1) is 22.7 Å². The normalized spacial score (nSPS) is 12.1. The molecule has 0 radical (unpaired) electrons. The molecule has 0 spiro atoms. The highest BCUT2D eigenvalue weighted by atomic mass is 32.1. The van der Waals surface area contributed by atoms with Crippen molar-refractivity contribution in [3.8, 4) is 22.3 Å². The van der Waals surface area contributed by atoms with Crippen molar-refractivity contribution in [3.05, 3.63) is 117 Å². The molecule has 0 saturated heterocycles. The Balaban J connectivity index is 1.17. The lowest BCUT2D eigenvalue weighted by atomic mass is 9.79. The van der Waals surface area contributed by atoms with E-state index in [1.54, 1.807) is 0 Å². The van der Waals surface area contributed by atoms with Gasteiger partial charge in [0.2, 0.25) is 0 Å². The number of thiophene rings is 2. The number of hydrogen-bond donors (Lipinski definition) is 0. The zero-order chi connectivity index (χ0) is 24.2. The van der Waals surface area contributed by atoms with Gasteiger partial charge in [-0.1, -0.05) is 83.9 Å². The number of fused-ring (bicyclic) bond motifs is 8. The molecule has 0 bridgehead atoms. The van der Waals surface area contributed by atoms with Crippen molar-refractivity contribution < 1.29 is 0 Å². The van der Waals surface area contributed by atoms with Crippen LogP contribution in [0.15, 0.2) is 84.9 Å². The summed E-state index contributed by atoms with van der Waals surface area (Å²) in [5.74, 6) is 0. The van der Waals surface area contributed by atoms with Gasteiger partial charge >= 0.3 is 0 Å². The SMILES string of the molecule is Cc1cccc(CCc2cc3ccc4c(c3s2)-c2ccc3cc(CCc5cccc(C)c5)sc3c2-4)c1. The summed E-state index contributed by atoms with van der Waals surface area (Å²) in [4.78, 5) is 2.98. The monoisotopic (exact) mass is 500 g/mol. The van der Waals surface area contributed by atoms with E-state index in [9.17, 15) is 0 Å². The third-order valence-corrected chi connectivity index (χ3v) is 9.96. The molecule has 0 saturated carbocycles. The van der Waals surface area contributed by atoms with Crippen molar-refractivity contribution in [2.45, 2.75) is 39.5 Å². The lowest BCUT2D eigenvalue weighted by molar-refractivity contribution is 0.979. The predicted octanol–water partition coefficient (Wildman–Crippen LogP) is 9.95. The van der Waals surface area contributed by atoms with E-state index >= 15 is 0 Å². The maximum absolute atomic E-state index is 2.42. The van der Waals surface area contributed by atoms with Crippen LogP contribution < -0.4 is 0 Å². The average molecular weight is 501 g/mol. The van der Waals surface area contributed by atoms with E-state index in [2.05, 4.69) is 98.8 Å². The highest BCUT2D eigenvalue weighted by Gasteiger charge is 2.28. The van der Waals surface area contributed by atoms with E-state index in [1.165, 1.54) is 74.4 Å². The van der Waals surface area contributed by atoms with Gasteiger partial charge in [0, 0.05) is 30.3 Å². The van der Waals surface area contributed by atoms with Gasteiger partial charge in [0.05, 0.1) is 0 Å². The first kappa shape index (κ1) is 22.0. The maximum atomic E-state index is 2.42. The van der Waals surface area contributed by atoms with E-state index < -0.39 is 0 Å². The van der Waals surface area contributed by atoms with Crippen LogP contribution >= 0.6 is 22.7 Å². The minimum Gasteiger partial charge on any atom is -0.140 e. The molecule has 2 aromatic heterocycles. The molecule has 36 heavy (non-hydrogen) atoms. The Bertz CT molecular complexity index is 1620. The summed E-state index contributed by atoms with van der Waals surface area (Å²) in [6, 6.07) is 32.1. The molecule has 2 heterocycles. The second-order valence-corrected chi connectivity index (χ2v) is 12.5. The van der Waals surface area contributed by atoms with Crippen LogP contribution in [0.2, 0.25) is 0 Å². The fourth-order valence-electron chi connectivity index (χ4n) is 5.72. The van der Waals surface area contributed by atoms with E-state index in [4.69, 9.17) is 0 Å². The summed E-state index contributed by atoms with van der Waals surface area (Å²) in [6.07, 6.45) is 4.43. The first-order chi connectivity index (χ1) is 17.6. The van der Waals surface area contributed by atoms with Crippen LogP contribution in [0.3, 0.4) is 0 Å². The van der Waals surface area contributed by atoms with E-state index in [-0.39, 0.29) is 0 Å². The van der Waals surface area contributed by atoms with E-state index in [1.807, 2.05) is 22.7 Å². The highest BCUT2D eigenvalue weighted by molar-refractivity contribution is 7.20. The molecule has 176 valence electrons. The molecule has 0 fully saturated rings. The van der Waals surface area contributed by atoms with Gasteiger partial charge in [-0.3, -0.25) is 0 Å². The largest absolute Gasteiger partial charge is 0.140 e. The van der Waals surface area contributed by atoms with E-state index in [0.717, 1.165) is 25.7 Å². The van der Waals surface area contributed by atoms with Crippen molar-refractivity contribution in [1.29, 1.82) is 0 Å². The third kappa shape index (κ3) is 3.80. The molecule has 1 aliphatic rings. The Labute approximate surface area is 220 Å². The Hall–Kier alpha value is -3.20. The minimum atomic E-state index is 1.11. The molecule has 0 N–H and O–H groups in total. The molecule has 0 amide bonds. The van der Waals surface area contributed by atoms with Gasteiger partial charge in [-0.2, -0.15) is 0 Å². The zero-order valence-corrected chi connectivity index (χ0v) is 22.4. The van der Waals surface area contributed by atoms with Gasteiger partial charge in [-0.25, -0.2) is 0 Å². The van der Waals surface area contributed by atoms with Crippen LogP contribution in [0.25, 0.3) is 42.4 Å². The topological polar surface area (TPSA) is 0 Å². The average Bonchev–Trinajstić information content (AvgIpc) is 3.46. The fourth-order valence-corrected chi connectivity index (χ4v) is 8.16. The van der Waals surface area contributed by atoms with Crippen LogP contribution in [0.4, 0.5) is 0 Å². The van der Waals surface area contributed by atoms with Crippen molar-refractivity contribution in [3.63, 3.8) is 0 Å². The van der Waals surface area contributed by atoms with Crippen molar-refractivity contribution >= 4 is 42.8 Å². The molecular formula is C34H28S2. The Morgan fingerprint density at radius 1 is 0.500 bits per heavy atom. The summed E-state index contributed by atoms with van der Waals surface area (Å²) >= 11 is 3.99. The summed E-state index contributed by atoms with van der Waals surface area (Å²) in [5, 5.41) is 2.79. The highest BCUT2D eigenvalue weighted by Crippen LogP contribution is 2.56. The molecule has 0 nitrogen and oxygen atoms in total. The third-order valence-electron chi connectivity index (χ3n) is 7.50. The van der Waals surface area contributed by atoms with Gasteiger partial charge in [0.25, 0.3) is 0 Å². The number of hydrogen-bond acceptors (Lipinski definition) is 2. The number of aryl methyl sites for hydroxylation is 6. The van der Waals surface area contributed by atoms with Gasteiger partial charge in [0.1, 0.15) is 0 Å². The molecule has 7 rings (SSSR count). The maximum Gasteiger partial charge on any atom is 0.0430 e. The molecule has 0 atom stereocenters. The standard InChI is InChI=1S/C34H28S2/c1-21-5-3-7-23(17-21)9-13-27-19-25-11-15-29-31(33(25)35-27)30-16-12-26-20-28(36-34(26)32(29)30)14-10-24-8-4-6-22(2)18-24/h3-8,11-12,15-20H,9-10,13-14H2,1-2H3. The van der Waals surface area contributed by atoms with Crippen LogP contribution in [-0.2, 0) is 25.7 Å². The van der Waals surface area contributed by atoms with Gasteiger partial charge in [-0.05, 0) is 84.7 Å². The molecule has 0 aliphatic heterocycles. The first-order valence-electron chi connectivity index (χ1n) is 12.8. The van der Waals surface area contributed by atoms with Gasteiger partial charge in [0.15, 0.2) is 0 Å². The summed E-state index contributed by atoms with van der Waals surface area (Å²) < 4.78 is 2.93. The molecule has 4 aromatic carbocycles. The summed E-state index contributed by atoms with van der Waals surface area (Å²) in [7, 11) is 0. The Kier molecular flexibility index (Phi) is 5.34. The predicted molar refractivity (Wildman–Crippen MR) is 159 cm³/mol. The quantitative estimate of drug-likeness (QED) is 0.213. The molecule has 2 heteroatoms. The second kappa shape index (κ2) is 8.73. The minimum absolute atomic E-state index is 1.11. The molecule has 1 aliphatic carbocycles. The van der Waals surface area contributed by atoms with Crippen molar-refractivity contribution in [1.82, 2.24) is 0 Å². The van der Waals surface area contributed by atoms with E-state index in [0.29, 0.717) is 0 Å². The van der Waals surface area contributed by atoms with Crippen molar-refractivity contribution in [2.75, 3.05) is 0 Å². The number of benzene rings is 4. The van der Waals surface area contributed by atoms with Crippen LogP contribution in [0.1, 0.15) is 32.0 Å². The Morgan fingerprint density at radius 2 is 0.972 bits per heavy atom. The summed E-state index contributed by atoms with van der Waals surface area (Å²) in [6.45, 7) is 4.36. The molecular weight excluding hydrogens is 473 g/mol. The lowest BCUT2D eigenvalue weighted by Crippen LogP contribution is -1.98. The smallest absolute Gasteiger partial charge is 0.0430 e. The second-order valence-electron chi connectivity index (χ2n) is 10.2. The molecule has 6 aromatic rings. The van der Waals surface area contributed by atoms with Crippen molar-refractivity contribution in [2.24, 2.45) is 0 Å².